The zero-order chi connectivity index (χ0) is 20.0. The second-order valence-electron chi connectivity index (χ2n) is 7.51. The van der Waals surface area contributed by atoms with Crippen LogP contribution >= 0.6 is 0 Å². The minimum Gasteiger partial charge on any atom is -0.372 e. The SMILES string of the molecule is Cc1ccc(N2C(=O)c3ccc(C(=O)N4C[C@@H](C)O[C@H](C)C4)cc3C2=O)cc1. The third-order valence-corrected chi connectivity index (χ3v) is 5.13. The number of fused-ring (bicyclic) bond motifs is 1. The molecule has 2 aromatic carbocycles. The Morgan fingerprint density at radius 3 is 2.18 bits per heavy atom. The number of morpholine rings is 1. The standard InChI is InChI=1S/C22H22N2O4/c1-13-4-7-17(8-5-13)24-21(26)18-9-6-16(10-19(18)22(24)27)20(25)23-11-14(2)28-15(3)12-23/h4-10,14-15H,11-12H2,1-3H3/t14-,15-/m1/s1. The Kier molecular flexibility index (Phi) is 4.51. The highest BCUT2D eigenvalue weighted by Crippen LogP contribution is 2.29. The van der Waals surface area contributed by atoms with E-state index in [1.165, 1.54) is 6.07 Å². The molecule has 2 aromatic rings. The average Bonchev–Trinajstić information content (AvgIpc) is 2.91. The molecule has 0 aliphatic carbocycles. The van der Waals surface area contributed by atoms with Gasteiger partial charge in [-0.05, 0) is 51.1 Å². The summed E-state index contributed by atoms with van der Waals surface area (Å²) in [6, 6.07) is 11.9. The van der Waals surface area contributed by atoms with Gasteiger partial charge in [-0.3, -0.25) is 14.4 Å². The van der Waals surface area contributed by atoms with Crippen molar-refractivity contribution in [3.05, 3.63) is 64.7 Å². The summed E-state index contributed by atoms with van der Waals surface area (Å²) >= 11 is 0. The molecule has 0 spiro atoms. The number of aryl methyl sites for hydroxylation is 1. The molecule has 144 valence electrons. The van der Waals surface area contributed by atoms with Crippen LogP contribution in [0, 0.1) is 6.92 Å². The van der Waals surface area contributed by atoms with E-state index in [-0.39, 0.29) is 29.6 Å². The number of imide groups is 1. The van der Waals surface area contributed by atoms with Gasteiger partial charge in [0.25, 0.3) is 17.7 Å². The summed E-state index contributed by atoms with van der Waals surface area (Å²) in [7, 11) is 0. The maximum absolute atomic E-state index is 12.9. The van der Waals surface area contributed by atoms with Crippen LogP contribution in [0.4, 0.5) is 5.69 Å². The third-order valence-electron chi connectivity index (χ3n) is 5.13. The van der Waals surface area contributed by atoms with Gasteiger partial charge < -0.3 is 9.64 Å². The number of rotatable bonds is 2. The smallest absolute Gasteiger partial charge is 0.266 e. The second kappa shape index (κ2) is 6.87. The normalized spacial score (nSPS) is 21.8. The van der Waals surface area contributed by atoms with E-state index in [1.807, 2.05) is 32.9 Å². The number of nitrogens with zero attached hydrogens (tertiary/aromatic N) is 2. The Morgan fingerprint density at radius 2 is 1.54 bits per heavy atom. The molecule has 2 aliphatic heterocycles. The number of amides is 3. The molecule has 6 nitrogen and oxygen atoms in total. The van der Waals surface area contributed by atoms with E-state index in [9.17, 15) is 14.4 Å². The largest absolute Gasteiger partial charge is 0.372 e. The van der Waals surface area contributed by atoms with E-state index in [1.54, 1.807) is 29.2 Å². The van der Waals surface area contributed by atoms with E-state index in [0.29, 0.717) is 29.9 Å². The first-order valence-corrected chi connectivity index (χ1v) is 9.39. The van der Waals surface area contributed by atoms with E-state index in [4.69, 9.17) is 4.74 Å². The van der Waals surface area contributed by atoms with Crippen LogP contribution in [-0.4, -0.2) is 47.9 Å². The van der Waals surface area contributed by atoms with Crippen LogP contribution in [0.3, 0.4) is 0 Å². The molecular formula is C22H22N2O4. The molecular weight excluding hydrogens is 356 g/mol. The van der Waals surface area contributed by atoms with Gasteiger partial charge in [-0.2, -0.15) is 0 Å². The number of benzene rings is 2. The molecule has 4 rings (SSSR count). The zero-order valence-corrected chi connectivity index (χ0v) is 16.1. The summed E-state index contributed by atoms with van der Waals surface area (Å²) in [5, 5.41) is 0. The summed E-state index contributed by atoms with van der Waals surface area (Å²) in [6.45, 7) is 6.81. The highest BCUT2D eigenvalue weighted by molar-refractivity contribution is 6.34. The van der Waals surface area contributed by atoms with Crippen molar-refractivity contribution in [2.45, 2.75) is 33.0 Å². The van der Waals surface area contributed by atoms with Crippen LogP contribution in [0.15, 0.2) is 42.5 Å². The number of hydrogen-bond acceptors (Lipinski definition) is 4. The first-order valence-electron chi connectivity index (χ1n) is 9.39. The summed E-state index contributed by atoms with van der Waals surface area (Å²) in [4.78, 5) is 41.5. The predicted molar refractivity (Wildman–Crippen MR) is 105 cm³/mol. The van der Waals surface area contributed by atoms with Crippen molar-refractivity contribution in [3.63, 3.8) is 0 Å². The number of hydrogen-bond donors (Lipinski definition) is 0. The zero-order valence-electron chi connectivity index (χ0n) is 16.1. The molecule has 0 N–H and O–H groups in total. The van der Waals surface area contributed by atoms with Crippen molar-refractivity contribution in [1.29, 1.82) is 0 Å². The van der Waals surface area contributed by atoms with Crippen molar-refractivity contribution < 1.29 is 19.1 Å². The third kappa shape index (κ3) is 3.10. The molecule has 2 atom stereocenters. The lowest BCUT2D eigenvalue weighted by Crippen LogP contribution is -2.48. The number of anilines is 1. The maximum Gasteiger partial charge on any atom is 0.266 e. The Morgan fingerprint density at radius 1 is 0.929 bits per heavy atom. The van der Waals surface area contributed by atoms with E-state index < -0.39 is 5.91 Å². The Hall–Kier alpha value is -2.99. The fraction of sp³-hybridized carbons (Fsp3) is 0.318. The van der Waals surface area contributed by atoms with Gasteiger partial charge in [-0.1, -0.05) is 17.7 Å². The Labute approximate surface area is 163 Å². The van der Waals surface area contributed by atoms with Crippen molar-refractivity contribution >= 4 is 23.4 Å². The summed E-state index contributed by atoms with van der Waals surface area (Å²) in [5.41, 5.74) is 2.58. The Balaban J connectivity index is 1.63. The molecule has 0 unspecified atom stereocenters. The molecule has 0 bridgehead atoms. The molecule has 0 aromatic heterocycles. The van der Waals surface area contributed by atoms with Crippen LogP contribution < -0.4 is 4.90 Å². The van der Waals surface area contributed by atoms with Crippen LogP contribution in [0.1, 0.15) is 50.5 Å². The fourth-order valence-corrected chi connectivity index (χ4v) is 3.83. The van der Waals surface area contributed by atoms with Crippen LogP contribution in [0.25, 0.3) is 0 Å². The van der Waals surface area contributed by atoms with Crippen molar-refractivity contribution in [3.8, 4) is 0 Å². The molecule has 6 heteroatoms. The van der Waals surface area contributed by atoms with Crippen molar-refractivity contribution in [2.75, 3.05) is 18.0 Å². The van der Waals surface area contributed by atoms with Gasteiger partial charge in [0, 0.05) is 18.7 Å². The molecule has 2 aliphatic rings. The molecule has 1 fully saturated rings. The number of carbonyl (C=O) groups excluding carboxylic acids is 3. The van der Waals surface area contributed by atoms with Gasteiger partial charge in [-0.25, -0.2) is 4.90 Å². The fourth-order valence-electron chi connectivity index (χ4n) is 3.83. The average molecular weight is 378 g/mol. The van der Waals surface area contributed by atoms with Crippen LogP contribution in [0.2, 0.25) is 0 Å². The molecule has 28 heavy (non-hydrogen) atoms. The van der Waals surface area contributed by atoms with Gasteiger partial charge in [0.05, 0.1) is 29.0 Å². The highest BCUT2D eigenvalue weighted by Gasteiger charge is 2.37. The second-order valence-corrected chi connectivity index (χ2v) is 7.51. The summed E-state index contributed by atoms with van der Waals surface area (Å²) < 4.78 is 5.68. The molecule has 0 radical (unpaired) electrons. The molecule has 0 saturated carbocycles. The Bertz CT molecular complexity index is 957. The first-order chi connectivity index (χ1) is 13.3. The maximum atomic E-state index is 12.9. The number of ether oxygens (including phenoxy) is 1. The van der Waals surface area contributed by atoms with Crippen molar-refractivity contribution in [1.82, 2.24) is 4.90 Å². The first kappa shape index (κ1) is 18.4. The minimum absolute atomic E-state index is 0.0395. The number of carbonyl (C=O) groups is 3. The summed E-state index contributed by atoms with van der Waals surface area (Å²) in [6.07, 6.45) is -0.0790. The van der Waals surface area contributed by atoms with Gasteiger partial charge in [0.15, 0.2) is 0 Å². The monoisotopic (exact) mass is 378 g/mol. The van der Waals surface area contributed by atoms with Crippen LogP contribution in [-0.2, 0) is 4.74 Å². The van der Waals surface area contributed by atoms with Gasteiger partial charge in [0.2, 0.25) is 0 Å². The van der Waals surface area contributed by atoms with E-state index >= 15 is 0 Å². The topological polar surface area (TPSA) is 66.9 Å². The van der Waals surface area contributed by atoms with Gasteiger partial charge >= 0.3 is 0 Å². The predicted octanol–water partition coefficient (Wildman–Crippen LogP) is 3.05. The molecule has 2 heterocycles. The van der Waals surface area contributed by atoms with Gasteiger partial charge in [-0.15, -0.1) is 0 Å². The highest BCUT2D eigenvalue weighted by atomic mass is 16.5. The molecule has 1 saturated heterocycles. The lowest BCUT2D eigenvalue weighted by atomic mass is 10.0. The summed E-state index contributed by atoms with van der Waals surface area (Å²) in [5.74, 6) is -0.919. The van der Waals surface area contributed by atoms with Gasteiger partial charge in [0.1, 0.15) is 0 Å². The van der Waals surface area contributed by atoms with E-state index in [0.717, 1.165) is 10.5 Å². The lowest BCUT2D eigenvalue weighted by molar-refractivity contribution is -0.0586. The molecule has 3 amide bonds. The van der Waals surface area contributed by atoms with Crippen molar-refractivity contribution in [2.24, 2.45) is 0 Å². The van der Waals surface area contributed by atoms with E-state index in [2.05, 4.69) is 0 Å². The minimum atomic E-state index is -0.401. The lowest BCUT2D eigenvalue weighted by Gasteiger charge is -2.35. The quantitative estimate of drug-likeness (QED) is 0.754. The van der Waals surface area contributed by atoms with Crippen LogP contribution in [0.5, 0.6) is 0 Å².